The molecule has 2 aromatic heterocycles. The number of imidazole rings is 1. The summed E-state index contributed by atoms with van der Waals surface area (Å²) in [6.07, 6.45) is 4.60. The predicted octanol–water partition coefficient (Wildman–Crippen LogP) is 3.83. The van der Waals surface area contributed by atoms with Gasteiger partial charge in [-0.3, -0.25) is 0 Å². The molecule has 0 unspecified atom stereocenters. The highest BCUT2D eigenvalue weighted by Gasteiger charge is 2.28. The van der Waals surface area contributed by atoms with E-state index in [1.807, 2.05) is 13.8 Å². The van der Waals surface area contributed by atoms with Crippen molar-refractivity contribution in [3.8, 4) is 0 Å². The Kier molecular flexibility index (Phi) is 5.02. The van der Waals surface area contributed by atoms with Gasteiger partial charge in [-0.05, 0) is 57.6 Å². The quantitative estimate of drug-likeness (QED) is 0.525. The maximum atomic E-state index is 10.8. The molecule has 27 heavy (non-hydrogen) atoms. The molecule has 1 fully saturated rings. The number of fused-ring (bicyclic) bond motifs is 1. The Morgan fingerprint density at radius 3 is 2.74 bits per heavy atom. The fourth-order valence-corrected chi connectivity index (χ4v) is 3.70. The van der Waals surface area contributed by atoms with Gasteiger partial charge >= 0.3 is 0 Å². The third kappa shape index (κ3) is 3.77. The van der Waals surface area contributed by atoms with Gasteiger partial charge in [0.25, 0.3) is 0 Å². The van der Waals surface area contributed by atoms with Gasteiger partial charge in [0.05, 0.1) is 22.8 Å². The third-order valence-electron chi connectivity index (χ3n) is 5.47. The molecule has 144 valence electrons. The smallest absolute Gasteiger partial charge is 0.137 e. The number of hydrogen-bond donors (Lipinski definition) is 3. The van der Waals surface area contributed by atoms with E-state index in [0.717, 1.165) is 51.4 Å². The maximum Gasteiger partial charge on any atom is 0.137 e. The minimum Gasteiger partial charge on any atom is -0.396 e. The fourth-order valence-electron chi connectivity index (χ4n) is 3.70. The van der Waals surface area contributed by atoms with Gasteiger partial charge in [-0.15, -0.1) is 0 Å². The summed E-state index contributed by atoms with van der Waals surface area (Å²) < 4.78 is 5.30. The Labute approximate surface area is 158 Å². The van der Waals surface area contributed by atoms with E-state index < -0.39 is 6.10 Å². The number of aryl methyl sites for hydroxylation is 2. The molecule has 0 spiro atoms. The van der Waals surface area contributed by atoms with Gasteiger partial charge in [0.15, 0.2) is 0 Å². The molecule has 3 aromatic rings. The largest absolute Gasteiger partial charge is 0.396 e. The van der Waals surface area contributed by atoms with Crippen LogP contribution in [0.4, 0.5) is 0 Å². The highest BCUT2D eigenvalue weighted by Crippen LogP contribution is 2.40. The van der Waals surface area contributed by atoms with Crippen LogP contribution >= 0.6 is 0 Å². The SMILES string of the molecule is Cc1noc(C)c1Cc1cc([C@@H](O)CCCCO)c2nc(C3CC3)[nH]c2c1. The van der Waals surface area contributed by atoms with Gasteiger partial charge < -0.3 is 19.7 Å². The summed E-state index contributed by atoms with van der Waals surface area (Å²) in [4.78, 5) is 8.27. The van der Waals surface area contributed by atoms with Crippen molar-refractivity contribution in [2.24, 2.45) is 0 Å². The Hall–Kier alpha value is -2.18. The average Bonchev–Trinajstić information content (AvgIpc) is 3.35. The molecular weight excluding hydrogens is 342 g/mol. The van der Waals surface area contributed by atoms with E-state index in [9.17, 15) is 5.11 Å². The normalized spacial score (nSPS) is 15.6. The first kappa shape index (κ1) is 18.2. The van der Waals surface area contributed by atoms with Gasteiger partial charge in [-0.2, -0.15) is 0 Å². The number of aromatic nitrogens is 3. The van der Waals surface area contributed by atoms with Gasteiger partial charge in [0.2, 0.25) is 0 Å². The highest BCUT2D eigenvalue weighted by atomic mass is 16.5. The molecule has 0 saturated heterocycles. The molecule has 1 saturated carbocycles. The van der Waals surface area contributed by atoms with Crippen molar-refractivity contribution < 1.29 is 14.7 Å². The highest BCUT2D eigenvalue weighted by molar-refractivity contribution is 5.80. The van der Waals surface area contributed by atoms with Crippen LogP contribution in [0.2, 0.25) is 0 Å². The van der Waals surface area contributed by atoms with Crippen molar-refractivity contribution >= 4 is 11.0 Å². The van der Waals surface area contributed by atoms with Crippen molar-refractivity contribution in [3.63, 3.8) is 0 Å². The summed E-state index contributed by atoms with van der Waals surface area (Å²) in [5.41, 5.74) is 5.83. The summed E-state index contributed by atoms with van der Waals surface area (Å²) in [6, 6.07) is 4.19. The molecule has 1 aromatic carbocycles. The number of nitrogens with zero attached hydrogens (tertiary/aromatic N) is 2. The first-order valence-electron chi connectivity index (χ1n) is 9.80. The Morgan fingerprint density at radius 2 is 2.07 bits per heavy atom. The molecule has 4 rings (SSSR count). The summed E-state index contributed by atoms with van der Waals surface area (Å²) in [5.74, 6) is 2.40. The zero-order chi connectivity index (χ0) is 19.0. The zero-order valence-electron chi connectivity index (χ0n) is 16.0. The molecule has 0 bridgehead atoms. The number of benzene rings is 1. The minimum absolute atomic E-state index is 0.155. The van der Waals surface area contributed by atoms with E-state index in [-0.39, 0.29) is 6.61 Å². The average molecular weight is 369 g/mol. The van der Waals surface area contributed by atoms with E-state index in [1.54, 1.807) is 0 Å². The van der Waals surface area contributed by atoms with Crippen LogP contribution in [0.5, 0.6) is 0 Å². The van der Waals surface area contributed by atoms with E-state index >= 15 is 0 Å². The number of aliphatic hydroxyl groups excluding tert-OH is 2. The van der Waals surface area contributed by atoms with Crippen LogP contribution in [0.15, 0.2) is 16.7 Å². The van der Waals surface area contributed by atoms with Crippen LogP contribution < -0.4 is 0 Å². The van der Waals surface area contributed by atoms with Crippen molar-refractivity contribution in [1.82, 2.24) is 15.1 Å². The molecule has 1 atom stereocenters. The summed E-state index contributed by atoms with van der Waals surface area (Å²) in [7, 11) is 0. The van der Waals surface area contributed by atoms with E-state index in [1.165, 1.54) is 12.8 Å². The lowest BCUT2D eigenvalue weighted by atomic mass is 9.96. The first-order chi connectivity index (χ1) is 13.1. The lowest BCUT2D eigenvalue weighted by Gasteiger charge is -2.13. The predicted molar refractivity (Wildman–Crippen MR) is 103 cm³/mol. The first-order valence-corrected chi connectivity index (χ1v) is 9.80. The molecule has 6 nitrogen and oxygen atoms in total. The van der Waals surface area contributed by atoms with Crippen molar-refractivity contribution in [2.45, 2.75) is 64.4 Å². The molecular formula is C21H27N3O3. The molecule has 1 aliphatic rings. The lowest BCUT2D eigenvalue weighted by molar-refractivity contribution is 0.160. The maximum absolute atomic E-state index is 10.8. The number of H-pyrrole nitrogens is 1. The van der Waals surface area contributed by atoms with Crippen LogP contribution in [-0.4, -0.2) is 31.9 Å². The second kappa shape index (κ2) is 7.44. The van der Waals surface area contributed by atoms with Gasteiger partial charge in [-0.1, -0.05) is 11.2 Å². The van der Waals surface area contributed by atoms with Crippen molar-refractivity contribution in [3.05, 3.63) is 46.1 Å². The van der Waals surface area contributed by atoms with Gasteiger partial charge in [0.1, 0.15) is 11.6 Å². The number of rotatable bonds is 8. The summed E-state index contributed by atoms with van der Waals surface area (Å²) in [5, 5.41) is 23.9. The molecule has 1 aliphatic carbocycles. The number of nitrogens with one attached hydrogen (secondary N) is 1. The minimum atomic E-state index is -0.584. The van der Waals surface area contributed by atoms with Gasteiger partial charge in [-0.25, -0.2) is 4.98 Å². The zero-order valence-corrected chi connectivity index (χ0v) is 16.0. The number of aliphatic hydroxyl groups is 2. The number of aromatic amines is 1. The van der Waals surface area contributed by atoms with E-state index in [2.05, 4.69) is 22.3 Å². The molecule has 0 radical (unpaired) electrons. The standard InChI is InChI=1S/C21H27N3O3/c1-12-16(13(2)27-24-12)9-14-10-17(19(26)5-3-4-8-25)20-18(11-14)22-21(23-20)15-6-7-15/h10-11,15,19,25-26H,3-9H2,1-2H3,(H,22,23)/t19-/m0/s1. The second-order valence-electron chi connectivity index (χ2n) is 7.69. The number of unbranched alkanes of at least 4 members (excludes halogenated alkanes) is 1. The van der Waals surface area contributed by atoms with Crippen molar-refractivity contribution in [1.29, 1.82) is 0 Å². The molecule has 0 amide bonds. The Balaban J connectivity index is 1.71. The topological polar surface area (TPSA) is 95.2 Å². The second-order valence-corrected chi connectivity index (χ2v) is 7.69. The van der Waals surface area contributed by atoms with Crippen LogP contribution in [0, 0.1) is 13.8 Å². The van der Waals surface area contributed by atoms with Crippen LogP contribution in [0.25, 0.3) is 11.0 Å². The molecule has 6 heteroatoms. The Bertz CT molecular complexity index is 920. The molecule has 2 heterocycles. The fraction of sp³-hybridized carbons (Fsp3) is 0.524. The summed E-state index contributed by atoms with van der Waals surface area (Å²) in [6.45, 7) is 4.04. The third-order valence-corrected chi connectivity index (χ3v) is 5.47. The van der Waals surface area contributed by atoms with Gasteiger partial charge in [0, 0.05) is 30.1 Å². The number of hydrogen-bond acceptors (Lipinski definition) is 5. The lowest BCUT2D eigenvalue weighted by Crippen LogP contribution is -2.02. The van der Waals surface area contributed by atoms with Crippen molar-refractivity contribution in [2.75, 3.05) is 6.61 Å². The van der Waals surface area contributed by atoms with Crippen LogP contribution in [-0.2, 0) is 6.42 Å². The monoisotopic (exact) mass is 369 g/mol. The molecule has 3 N–H and O–H groups in total. The van der Waals surface area contributed by atoms with E-state index in [0.29, 0.717) is 25.2 Å². The van der Waals surface area contributed by atoms with Crippen LogP contribution in [0.3, 0.4) is 0 Å². The van der Waals surface area contributed by atoms with E-state index in [4.69, 9.17) is 14.6 Å². The molecule has 0 aliphatic heterocycles. The summed E-state index contributed by atoms with van der Waals surface area (Å²) >= 11 is 0. The Morgan fingerprint density at radius 1 is 1.26 bits per heavy atom. The van der Waals surface area contributed by atoms with Crippen LogP contribution in [0.1, 0.15) is 78.1 Å².